The lowest BCUT2D eigenvalue weighted by molar-refractivity contribution is -0.138. The average Bonchev–Trinajstić information content (AvgIpc) is 2.96. The number of ether oxygens (including phenoxy) is 2. The zero-order chi connectivity index (χ0) is 28.9. The normalized spacial score (nSPS) is 15.7. The average molecular weight is 558 g/mol. The first-order valence-electron chi connectivity index (χ1n) is 13.4. The fourth-order valence-electron chi connectivity index (χ4n) is 4.97. The molecule has 0 spiro atoms. The number of hydrogen-bond acceptors (Lipinski definition) is 7. The molecule has 1 atom stereocenters. The van der Waals surface area contributed by atoms with Crippen LogP contribution in [0.15, 0.2) is 48.7 Å². The number of rotatable bonds is 9. The summed E-state index contributed by atoms with van der Waals surface area (Å²) in [5.41, 5.74) is 7.68. The van der Waals surface area contributed by atoms with E-state index in [1.807, 2.05) is 38.1 Å². The van der Waals surface area contributed by atoms with E-state index in [1.165, 1.54) is 17.0 Å². The predicted molar refractivity (Wildman–Crippen MR) is 146 cm³/mol. The molecule has 2 N–H and O–H groups in total. The summed E-state index contributed by atoms with van der Waals surface area (Å²) in [4.78, 5) is 26.1. The molecule has 1 aromatic carbocycles. The maximum atomic E-state index is 13.9. The molecule has 2 aromatic heterocycles. The van der Waals surface area contributed by atoms with Gasteiger partial charge in [-0.25, -0.2) is 9.97 Å². The number of benzene rings is 1. The van der Waals surface area contributed by atoms with Gasteiger partial charge in [-0.05, 0) is 62.7 Å². The third kappa shape index (κ3) is 6.14. The van der Waals surface area contributed by atoms with Crippen molar-refractivity contribution < 1.29 is 27.4 Å². The Hall–Kier alpha value is -3.86. The lowest BCUT2D eigenvalue weighted by atomic mass is 10.0. The molecule has 214 valence electrons. The fourth-order valence-corrected chi connectivity index (χ4v) is 4.97. The number of anilines is 1. The van der Waals surface area contributed by atoms with Crippen molar-refractivity contribution in [1.29, 1.82) is 0 Å². The van der Waals surface area contributed by atoms with Crippen LogP contribution in [0.1, 0.15) is 48.8 Å². The van der Waals surface area contributed by atoms with Gasteiger partial charge in [0.2, 0.25) is 5.88 Å². The molecule has 8 nitrogen and oxygen atoms in total. The van der Waals surface area contributed by atoms with Crippen molar-refractivity contribution >= 4 is 11.6 Å². The topological polar surface area (TPSA) is 93.8 Å². The molecule has 0 aliphatic carbocycles. The highest BCUT2D eigenvalue weighted by Gasteiger charge is 2.38. The molecule has 1 fully saturated rings. The molecule has 3 heterocycles. The van der Waals surface area contributed by atoms with Gasteiger partial charge < -0.3 is 25.0 Å². The van der Waals surface area contributed by atoms with Crippen molar-refractivity contribution in [1.82, 2.24) is 14.9 Å². The van der Waals surface area contributed by atoms with Gasteiger partial charge in [-0.15, -0.1) is 0 Å². The second kappa shape index (κ2) is 12.5. The number of alkyl halides is 3. The molecule has 0 unspecified atom stereocenters. The number of piperazine rings is 1. The van der Waals surface area contributed by atoms with Gasteiger partial charge in [-0.3, -0.25) is 4.79 Å². The van der Waals surface area contributed by atoms with Gasteiger partial charge >= 0.3 is 6.18 Å². The number of pyridine rings is 2. The lowest BCUT2D eigenvalue weighted by Crippen LogP contribution is -2.55. The second-order valence-electron chi connectivity index (χ2n) is 9.30. The molecule has 0 bridgehead atoms. The molecule has 4 rings (SSSR count). The minimum absolute atomic E-state index is 0.0764. The molecule has 0 radical (unpaired) electrons. The van der Waals surface area contributed by atoms with Gasteiger partial charge in [-0.1, -0.05) is 6.92 Å². The maximum absolute atomic E-state index is 13.9. The summed E-state index contributed by atoms with van der Waals surface area (Å²) in [7, 11) is 0. The van der Waals surface area contributed by atoms with E-state index in [0.717, 1.165) is 17.3 Å². The summed E-state index contributed by atoms with van der Waals surface area (Å²) in [5, 5.41) is 0. The van der Waals surface area contributed by atoms with Crippen molar-refractivity contribution in [2.24, 2.45) is 5.73 Å². The number of carbonyl (C=O) groups excluding carboxylic acids is 1. The number of amides is 1. The smallest absolute Gasteiger partial charge is 0.417 e. The van der Waals surface area contributed by atoms with Crippen LogP contribution in [-0.2, 0) is 12.7 Å². The Labute approximate surface area is 231 Å². The quantitative estimate of drug-likeness (QED) is 0.389. The van der Waals surface area contributed by atoms with Gasteiger partial charge in [0, 0.05) is 38.4 Å². The molecule has 11 heteroatoms. The number of halogens is 3. The van der Waals surface area contributed by atoms with Crippen LogP contribution < -0.4 is 20.1 Å². The molecule has 3 aromatic rings. The predicted octanol–water partition coefficient (Wildman–Crippen LogP) is 5.16. The lowest BCUT2D eigenvalue weighted by Gasteiger charge is -2.43. The summed E-state index contributed by atoms with van der Waals surface area (Å²) in [6.45, 7) is 7.37. The summed E-state index contributed by atoms with van der Waals surface area (Å²) in [6.07, 6.45) is -2.36. The molecule has 40 heavy (non-hydrogen) atoms. The van der Waals surface area contributed by atoms with Gasteiger partial charge in [-0.2, -0.15) is 13.2 Å². The van der Waals surface area contributed by atoms with Gasteiger partial charge in [0.1, 0.15) is 5.75 Å². The summed E-state index contributed by atoms with van der Waals surface area (Å²) < 4.78 is 52.5. The van der Waals surface area contributed by atoms with E-state index >= 15 is 0 Å². The molecular weight excluding hydrogens is 523 g/mol. The third-order valence-electron chi connectivity index (χ3n) is 6.86. The van der Waals surface area contributed by atoms with Crippen LogP contribution >= 0.6 is 0 Å². The first-order chi connectivity index (χ1) is 19.2. The highest BCUT2D eigenvalue weighted by molar-refractivity contribution is 5.96. The Balaban J connectivity index is 1.59. The van der Waals surface area contributed by atoms with E-state index in [9.17, 15) is 18.0 Å². The molecule has 1 aliphatic heterocycles. The Morgan fingerprint density at radius 3 is 2.52 bits per heavy atom. The highest BCUT2D eigenvalue weighted by atomic mass is 19.4. The number of nitrogens with two attached hydrogens (primary N) is 1. The SMILES string of the molecule is CCOc1ccc(C(=O)N2CCN(c3ccc(-c4cccnc4OCC)nc3CN)[C@H](CC)C2)c(C(F)(F)F)c1. The third-order valence-corrected chi connectivity index (χ3v) is 6.86. The molecule has 1 saturated heterocycles. The van der Waals surface area contributed by atoms with Crippen LogP contribution in [0.5, 0.6) is 11.6 Å². The Bertz CT molecular complexity index is 1330. The first-order valence-corrected chi connectivity index (χ1v) is 13.4. The van der Waals surface area contributed by atoms with Gasteiger partial charge in [0.15, 0.2) is 0 Å². The monoisotopic (exact) mass is 557 g/mol. The number of hydrogen-bond donors (Lipinski definition) is 1. The zero-order valence-corrected chi connectivity index (χ0v) is 22.9. The van der Waals surface area contributed by atoms with E-state index in [-0.39, 0.29) is 43.6 Å². The van der Waals surface area contributed by atoms with Gasteiger partial charge in [0.25, 0.3) is 5.91 Å². The summed E-state index contributed by atoms with van der Waals surface area (Å²) >= 11 is 0. The van der Waals surface area contributed by atoms with Crippen molar-refractivity contribution in [2.45, 2.75) is 46.0 Å². The van der Waals surface area contributed by atoms with Crippen LogP contribution in [0.3, 0.4) is 0 Å². The zero-order valence-electron chi connectivity index (χ0n) is 22.9. The number of aromatic nitrogens is 2. The van der Waals surface area contributed by atoms with E-state index in [0.29, 0.717) is 36.8 Å². The highest BCUT2D eigenvalue weighted by Crippen LogP contribution is 2.36. The van der Waals surface area contributed by atoms with Crippen LogP contribution in [-0.4, -0.2) is 59.7 Å². The van der Waals surface area contributed by atoms with Crippen LogP contribution in [0.4, 0.5) is 18.9 Å². The van der Waals surface area contributed by atoms with Crippen LogP contribution in [0.25, 0.3) is 11.3 Å². The van der Waals surface area contributed by atoms with Crippen molar-refractivity contribution in [3.05, 3.63) is 65.5 Å². The van der Waals surface area contributed by atoms with Gasteiger partial charge in [0.05, 0.1) is 47.0 Å². The van der Waals surface area contributed by atoms with Crippen molar-refractivity contribution in [3.8, 4) is 22.9 Å². The van der Waals surface area contributed by atoms with Crippen molar-refractivity contribution in [2.75, 3.05) is 37.7 Å². The van der Waals surface area contributed by atoms with Crippen LogP contribution in [0.2, 0.25) is 0 Å². The fraction of sp³-hybridized carbons (Fsp3) is 0.414. The summed E-state index contributed by atoms with van der Waals surface area (Å²) in [5.74, 6) is -0.0899. The summed E-state index contributed by atoms with van der Waals surface area (Å²) in [6, 6.07) is 10.9. The van der Waals surface area contributed by atoms with Crippen LogP contribution in [0, 0.1) is 0 Å². The molecule has 1 amide bonds. The molecule has 1 aliphatic rings. The standard InChI is InChI=1S/C29H34F3N5O3/c1-4-19-18-36(28(38)21-10-9-20(39-5-2)16-23(21)29(30,31)32)14-15-37(19)26-12-11-24(35-25(26)17-33)22-8-7-13-34-27(22)40-6-3/h7-13,16,19H,4-6,14-15,17-18,33H2,1-3H3/t19-/m1/s1. The van der Waals surface area contributed by atoms with E-state index in [4.69, 9.17) is 20.2 Å². The molecule has 0 saturated carbocycles. The largest absolute Gasteiger partial charge is 0.494 e. The minimum Gasteiger partial charge on any atom is -0.494 e. The Morgan fingerprint density at radius 1 is 1.07 bits per heavy atom. The molecular formula is C29H34F3N5O3. The minimum atomic E-state index is -4.69. The number of nitrogens with zero attached hydrogens (tertiary/aromatic N) is 4. The van der Waals surface area contributed by atoms with Crippen molar-refractivity contribution in [3.63, 3.8) is 0 Å². The number of carbonyl (C=O) groups is 1. The van der Waals surface area contributed by atoms with E-state index in [1.54, 1.807) is 13.1 Å². The Kier molecular flexibility index (Phi) is 9.14. The first kappa shape index (κ1) is 29.1. The Morgan fingerprint density at radius 2 is 1.85 bits per heavy atom. The maximum Gasteiger partial charge on any atom is 0.417 e. The second-order valence-corrected chi connectivity index (χ2v) is 9.30. The van der Waals surface area contributed by atoms with E-state index < -0.39 is 17.6 Å². The van der Waals surface area contributed by atoms with E-state index in [2.05, 4.69) is 9.88 Å².